The molecule has 0 atom stereocenters. The molecule has 1 saturated heterocycles. The van der Waals surface area contributed by atoms with E-state index in [2.05, 4.69) is 30.5 Å². The van der Waals surface area contributed by atoms with Crippen molar-refractivity contribution < 1.29 is 14.2 Å². The lowest BCUT2D eigenvalue weighted by Crippen LogP contribution is -2.26. The Morgan fingerprint density at radius 3 is 2.33 bits per heavy atom. The molecule has 3 aromatic rings. The quantitative estimate of drug-likeness (QED) is 0.478. The Hall–Kier alpha value is -3.59. The highest BCUT2D eigenvalue weighted by Gasteiger charge is 2.14. The number of nitrogens with one attached hydrogen (secondary N) is 2. The third kappa shape index (κ3) is 5.61. The lowest BCUT2D eigenvalue weighted by Gasteiger charge is -2.15. The first-order valence-electron chi connectivity index (χ1n) is 11.0. The van der Waals surface area contributed by atoms with E-state index in [1.807, 2.05) is 36.5 Å². The van der Waals surface area contributed by atoms with Gasteiger partial charge in [-0.25, -0.2) is 15.0 Å². The molecule has 1 fully saturated rings. The maximum atomic E-state index is 5.42. The van der Waals surface area contributed by atoms with Crippen LogP contribution in [0.1, 0.15) is 12.8 Å². The van der Waals surface area contributed by atoms with Crippen LogP contribution in [0.25, 0.3) is 11.3 Å². The fraction of sp³-hybridized carbons (Fsp3) is 0.375. The molecule has 0 radical (unpaired) electrons. The average Bonchev–Trinajstić information content (AvgIpc) is 3.37. The highest BCUT2D eigenvalue weighted by molar-refractivity contribution is 5.67. The number of ether oxygens (including phenoxy) is 3. The van der Waals surface area contributed by atoms with Crippen LogP contribution in [0.3, 0.4) is 0 Å². The van der Waals surface area contributed by atoms with Crippen LogP contribution >= 0.6 is 0 Å². The SMILES string of the molecule is COc1cc(Nc2nccc(-c3ccc(NCCN4CCCC4)nc3)n2)cc(OC)c1OC. The van der Waals surface area contributed by atoms with Crippen molar-refractivity contribution in [3.8, 4) is 28.5 Å². The van der Waals surface area contributed by atoms with Crippen molar-refractivity contribution in [3.63, 3.8) is 0 Å². The largest absolute Gasteiger partial charge is 0.493 e. The minimum Gasteiger partial charge on any atom is -0.493 e. The second-order valence-electron chi connectivity index (χ2n) is 7.71. The number of pyridine rings is 1. The van der Waals surface area contributed by atoms with Crippen molar-refractivity contribution in [2.24, 2.45) is 0 Å². The third-order valence-corrected chi connectivity index (χ3v) is 5.57. The van der Waals surface area contributed by atoms with Crippen molar-refractivity contribution in [3.05, 3.63) is 42.7 Å². The Morgan fingerprint density at radius 1 is 0.939 bits per heavy atom. The maximum Gasteiger partial charge on any atom is 0.227 e. The number of aromatic nitrogens is 3. The summed E-state index contributed by atoms with van der Waals surface area (Å²) in [5.41, 5.74) is 2.41. The lowest BCUT2D eigenvalue weighted by atomic mass is 10.2. The Kier molecular flexibility index (Phi) is 7.41. The molecule has 0 amide bonds. The molecule has 1 aliphatic heterocycles. The van der Waals surface area contributed by atoms with Crippen LogP contribution in [0.15, 0.2) is 42.7 Å². The normalized spacial score (nSPS) is 13.5. The van der Waals surface area contributed by atoms with Crippen molar-refractivity contribution in [2.45, 2.75) is 12.8 Å². The Labute approximate surface area is 194 Å². The van der Waals surface area contributed by atoms with Gasteiger partial charge in [0.05, 0.1) is 27.0 Å². The van der Waals surface area contributed by atoms with Crippen molar-refractivity contribution in [1.82, 2.24) is 19.9 Å². The van der Waals surface area contributed by atoms with Gasteiger partial charge in [0.2, 0.25) is 11.7 Å². The second-order valence-corrected chi connectivity index (χ2v) is 7.71. The first kappa shape index (κ1) is 22.6. The molecule has 4 rings (SSSR count). The van der Waals surface area contributed by atoms with Crippen LogP contribution < -0.4 is 24.8 Å². The van der Waals surface area contributed by atoms with E-state index in [0.29, 0.717) is 23.2 Å². The molecule has 1 aliphatic rings. The van der Waals surface area contributed by atoms with Crippen LogP contribution in [0.2, 0.25) is 0 Å². The first-order valence-corrected chi connectivity index (χ1v) is 11.0. The lowest BCUT2D eigenvalue weighted by molar-refractivity contribution is 0.324. The maximum absolute atomic E-state index is 5.42. The van der Waals surface area contributed by atoms with Gasteiger partial charge in [-0.2, -0.15) is 0 Å². The molecule has 0 aliphatic carbocycles. The van der Waals surface area contributed by atoms with Gasteiger partial charge >= 0.3 is 0 Å². The number of benzene rings is 1. The summed E-state index contributed by atoms with van der Waals surface area (Å²) in [5, 5.41) is 6.60. The molecule has 0 saturated carbocycles. The molecule has 0 unspecified atom stereocenters. The molecule has 0 bridgehead atoms. The van der Waals surface area contributed by atoms with Crippen molar-refractivity contribution in [2.75, 3.05) is 58.1 Å². The number of methoxy groups -OCH3 is 3. The number of likely N-dealkylation sites (tertiary alicyclic amines) is 1. The number of hydrogen-bond acceptors (Lipinski definition) is 9. The molecular weight excluding hydrogens is 420 g/mol. The van der Waals surface area contributed by atoms with Crippen LogP contribution in [0.5, 0.6) is 17.2 Å². The number of hydrogen-bond donors (Lipinski definition) is 2. The predicted octanol–water partition coefficient (Wildman–Crippen LogP) is 3.82. The zero-order valence-electron chi connectivity index (χ0n) is 19.3. The van der Waals surface area contributed by atoms with Gasteiger partial charge in [0.25, 0.3) is 0 Å². The molecule has 174 valence electrons. The zero-order chi connectivity index (χ0) is 23.0. The van der Waals surface area contributed by atoms with E-state index in [-0.39, 0.29) is 0 Å². The summed E-state index contributed by atoms with van der Waals surface area (Å²) in [6.45, 7) is 4.34. The summed E-state index contributed by atoms with van der Waals surface area (Å²) in [7, 11) is 4.73. The summed E-state index contributed by atoms with van der Waals surface area (Å²) in [4.78, 5) is 16.0. The van der Waals surface area contributed by atoms with E-state index >= 15 is 0 Å². The van der Waals surface area contributed by atoms with Gasteiger partial charge in [-0.1, -0.05) is 0 Å². The monoisotopic (exact) mass is 450 g/mol. The van der Waals surface area contributed by atoms with Gasteiger partial charge in [0.15, 0.2) is 11.5 Å². The molecule has 0 spiro atoms. The number of rotatable bonds is 10. The van der Waals surface area contributed by atoms with E-state index in [0.717, 1.165) is 35.9 Å². The third-order valence-electron chi connectivity index (χ3n) is 5.57. The average molecular weight is 451 g/mol. The summed E-state index contributed by atoms with van der Waals surface area (Å²) < 4.78 is 16.2. The molecule has 2 N–H and O–H groups in total. The molecular formula is C24H30N6O3. The fourth-order valence-corrected chi connectivity index (χ4v) is 3.86. The smallest absolute Gasteiger partial charge is 0.227 e. The van der Waals surface area contributed by atoms with Crippen LogP contribution in [0.4, 0.5) is 17.5 Å². The van der Waals surface area contributed by atoms with Gasteiger partial charge in [-0.3, -0.25) is 0 Å². The Bertz CT molecular complexity index is 1030. The van der Waals surface area contributed by atoms with Gasteiger partial charge in [0, 0.05) is 48.9 Å². The van der Waals surface area contributed by atoms with Gasteiger partial charge in [-0.05, 0) is 44.1 Å². The molecule has 9 nitrogen and oxygen atoms in total. The standard InChI is InChI=1S/C24H30N6O3/c1-31-20-14-18(15-21(32-2)23(20)33-3)28-24-26-9-8-19(29-24)17-6-7-22(27-16-17)25-10-13-30-11-4-5-12-30/h6-9,14-16H,4-5,10-13H2,1-3H3,(H,25,27)(H,26,28,29). The summed E-state index contributed by atoms with van der Waals surface area (Å²) in [5.74, 6) is 2.94. The predicted molar refractivity (Wildman–Crippen MR) is 129 cm³/mol. The molecule has 2 aromatic heterocycles. The van der Waals surface area contributed by atoms with Crippen LogP contribution in [-0.2, 0) is 0 Å². The Morgan fingerprint density at radius 2 is 1.70 bits per heavy atom. The van der Waals surface area contributed by atoms with E-state index in [4.69, 9.17) is 14.2 Å². The van der Waals surface area contributed by atoms with Crippen molar-refractivity contribution in [1.29, 1.82) is 0 Å². The molecule has 1 aromatic carbocycles. The molecule has 9 heteroatoms. The van der Waals surface area contributed by atoms with E-state index in [1.54, 1.807) is 27.5 Å². The van der Waals surface area contributed by atoms with E-state index in [9.17, 15) is 0 Å². The van der Waals surface area contributed by atoms with E-state index < -0.39 is 0 Å². The first-order chi connectivity index (χ1) is 16.2. The number of anilines is 3. The van der Waals surface area contributed by atoms with E-state index in [1.165, 1.54) is 25.9 Å². The van der Waals surface area contributed by atoms with Crippen molar-refractivity contribution >= 4 is 17.5 Å². The summed E-state index contributed by atoms with van der Waals surface area (Å²) in [6, 6.07) is 9.46. The molecule has 33 heavy (non-hydrogen) atoms. The topological polar surface area (TPSA) is 93.7 Å². The van der Waals surface area contributed by atoms with Gasteiger partial charge < -0.3 is 29.7 Å². The van der Waals surface area contributed by atoms with Crippen LogP contribution in [0, 0.1) is 0 Å². The zero-order valence-corrected chi connectivity index (χ0v) is 19.3. The minimum absolute atomic E-state index is 0.453. The molecule has 3 heterocycles. The van der Waals surface area contributed by atoms with Gasteiger partial charge in [0.1, 0.15) is 5.82 Å². The summed E-state index contributed by atoms with van der Waals surface area (Å²) in [6.07, 6.45) is 6.15. The highest BCUT2D eigenvalue weighted by atomic mass is 16.5. The fourth-order valence-electron chi connectivity index (χ4n) is 3.86. The second kappa shape index (κ2) is 10.8. The van der Waals surface area contributed by atoms with Crippen LogP contribution in [-0.4, -0.2) is 67.4 Å². The van der Waals surface area contributed by atoms with Gasteiger partial charge in [-0.15, -0.1) is 0 Å². The minimum atomic E-state index is 0.453. The summed E-state index contributed by atoms with van der Waals surface area (Å²) >= 11 is 0. The Balaban J connectivity index is 1.43. The highest BCUT2D eigenvalue weighted by Crippen LogP contribution is 2.40. The number of nitrogens with zero attached hydrogens (tertiary/aromatic N) is 4.